The summed E-state index contributed by atoms with van der Waals surface area (Å²) in [6.07, 6.45) is 1.41. The molecule has 0 bridgehead atoms. The SMILES string of the molecule is N#CCn1cc(-c2cccs2)c(=O)[nH]c1=O. The maximum atomic E-state index is 11.5. The first-order chi connectivity index (χ1) is 7.72. The Morgan fingerprint density at radius 3 is 2.94 bits per heavy atom. The van der Waals surface area contributed by atoms with E-state index in [-0.39, 0.29) is 6.54 Å². The van der Waals surface area contributed by atoms with Gasteiger partial charge in [0.1, 0.15) is 6.54 Å². The van der Waals surface area contributed by atoms with Crippen LogP contribution in [-0.2, 0) is 6.54 Å². The standard InChI is InChI=1S/C10H7N3O2S/c11-3-4-13-6-7(8-2-1-5-16-8)9(14)12-10(13)15/h1-2,5-6H,4H2,(H,12,14,15). The molecule has 0 fully saturated rings. The molecule has 0 atom stereocenters. The van der Waals surface area contributed by atoms with Crippen molar-refractivity contribution < 1.29 is 0 Å². The number of aromatic amines is 1. The van der Waals surface area contributed by atoms with Gasteiger partial charge in [0.15, 0.2) is 0 Å². The first kappa shape index (κ1) is 10.4. The Hall–Kier alpha value is -2.13. The molecule has 0 aromatic carbocycles. The van der Waals surface area contributed by atoms with Crippen molar-refractivity contribution in [1.29, 1.82) is 5.26 Å². The van der Waals surface area contributed by atoms with Crippen LogP contribution in [0.2, 0.25) is 0 Å². The third-order valence-corrected chi connectivity index (χ3v) is 2.94. The normalized spacial score (nSPS) is 9.94. The molecule has 0 aliphatic heterocycles. The summed E-state index contributed by atoms with van der Waals surface area (Å²) >= 11 is 1.40. The molecule has 0 aliphatic rings. The van der Waals surface area contributed by atoms with Crippen LogP contribution >= 0.6 is 11.3 Å². The Balaban J connectivity index is 2.64. The van der Waals surface area contributed by atoms with Crippen molar-refractivity contribution in [3.63, 3.8) is 0 Å². The average molecular weight is 233 g/mol. The highest BCUT2D eigenvalue weighted by atomic mass is 32.1. The van der Waals surface area contributed by atoms with Crippen molar-refractivity contribution in [3.8, 4) is 16.5 Å². The van der Waals surface area contributed by atoms with Gasteiger partial charge in [-0.1, -0.05) is 6.07 Å². The lowest BCUT2D eigenvalue weighted by atomic mass is 10.3. The van der Waals surface area contributed by atoms with Gasteiger partial charge < -0.3 is 0 Å². The molecule has 0 radical (unpaired) electrons. The molecule has 1 N–H and O–H groups in total. The van der Waals surface area contributed by atoms with Crippen LogP contribution in [-0.4, -0.2) is 9.55 Å². The van der Waals surface area contributed by atoms with Crippen LogP contribution in [0.1, 0.15) is 0 Å². The summed E-state index contributed by atoms with van der Waals surface area (Å²) in [7, 11) is 0. The Labute approximate surface area is 94.2 Å². The van der Waals surface area contributed by atoms with E-state index in [0.29, 0.717) is 5.56 Å². The fourth-order valence-electron chi connectivity index (χ4n) is 1.31. The van der Waals surface area contributed by atoms with E-state index in [1.165, 1.54) is 22.1 Å². The van der Waals surface area contributed by atoms with Crippen LogP contribution in [0.4, 0.5) is 0 Å². The van der Waals surface area contributed by atoms with E-state index in [0.717, 1.165) is 4.88 Å². The van der Waals surface area contributed by atoms with E-state index in [2.05, 4.69) is 4.98 Å². The molecule has 0 amide bonds. The van der Waals surface area contributed by atoms with Gasteiger partial charge in [0.05, 0.1) is 11.6 Å². The minimum absolute atomic E-state index is 0.0754. The average Bonchev–Trinajstić information content (AvgIpc) is 2.75. The van der Waals surface area contributed by atoms with Gasteiger partial charge in [0.25, 0.3) is 5.56 Å². The van der Waals surface area contributed by atoms with Gasteiger partial charge in [-0.25, -0.2) is 4.79 Å². The Morgan fingerprint density at radius 1 is 1.50 bits per heavy atom. The zero-order chi connectivity index (χ0) is 11.5. The second-order valence-electron chi connectivity index (χ2n) is 3.07. The quantitative estimate of drug-likeness (QED) is 0.832. The molecule has 2 rings (SSSR count). The second-order valence-corrected chi connectivity index (χ2v) is 4.01. The molecule has 6 heteroatoms. The number of hydrogen-bond donors (Lipinski definition) is 1. The van der Waals surface area contributed by atoms with Gasteiger partial charge in [-0.2, -0.15) is 5.26 Å². The zero-order valence-electron chi connectivity index (χ0n) is 8.14. The number of nitrogens with zero attached hydrogens (tertiary/aromatic N) is 2. The molecule has 0 saturated heterocycles. The van der Waals surface area contributed by atoms with Crippen molar-refractivity contribution in [1.82, 2.24) is 9.55 Å². The summed E-state index contributed by atoms with van der Waals surface area (Å²) in [6.45, 7) is -0.0754. The monoisotopic (exact) mass is 233 g/mol. The third-order valence-electron chi connectivity index (χ3n) is 2.04. The molecule has 0 unspecified atom stereocenters. The van der Waals surface area contributed by atoms with Gasteiger partial charge in [0, 0.05) is 11.1 Å². The molecule has 16 heavy (non-hydrogen) atoms. The largest absolute Gasteiger partial charge is 0.329 e. The highest BCUT2D eigenvalue weighted by molar-refractivity contribution is 7.13. The van der Waals surface area contributed by atoms with Crippen LogP contribution in [0, 0.1) is 11.3 Å². The topological polar surface area (TPSA) is 78.7 Å². The molecule has 0 saturated carbocycles. The summed E-state index contributed by atoms with van der Waals surface area (Å²) in [6, 6.07) is 5.47. The molecule has 80 valence electrons. The van der Waals surface area contributed by atoms with Crippen LogP contribution in [0.25, 0.3) is 10.4 Å². The molecular weight excluding hydrogens is 226 g/mol. The minimum atomic E-state index is -0.563. The molecular formula is C10H7N3O2S. The van der Waals surface area contributed by atoms with Gasteiger partial charge in [-0.05, 0) is 11.4 Å². The fraction of sp³-hybridized carbons (Fsp3) is 0.100. The van der Waals surface area contributed by atoms with Gasteiger partial charge in [-0.3, -0.25) is 14.3 Å². The molecule has 5 nitrogen and oxygen atoms in total. The number of nitrogens with one attached hydrogen (secondary N) is 1. The Bertz CT molecular complexity index is 646. The lowest BCUT2D eigenvalue weighted by molar-refractivity contribution is 0.746. The predicted octanol–water partition coefficient (Wildman–Crippen LogP) is 0.789. The van der Waals surface area contributed by atoms with Gasteiger partial charge in [0.2, 0.25) is 0 Å². The number of rotatable bonds is 2. The molecule has 0 spiro atoms. The van der Waals surface area contributed by atoms with Crippen molar-refractivity contribution in [3.05, 3.63) is 44.5 Å². The maximum absolute atomic E-state index is 11.5. The van der Waals surface area contributed by atoms with Gasteiger partial charge in [-0.15, -0.1) is 11.3 Å². The summed E-state index contributed by atoms with van der Waals surface area (Å²) < 4.78 is 1.18. The summed E-state index contributed by atoms with van der Waals surface area (Å²) in [5, 5.41) is 10.4. The number of thiophene rings is 1. The van der Waals surface area contributed by atoms with Gasteiger partial charge >= 0.3 is 5.69 Å². The summed E-state index contributed by atoms with van der Waals surface area (Å²) in [4.78, 5) is 25.8. The summed E-state index contributed by atoms with van der Waals surface area (Å²) in [5.74, 6) is 0. The van der Waals surface area contributed by atoms with Crippen LogP contribution < -0.4 is 11.2 Å². The third kappa shape index (κ3) is 1.81. The number of hydrogen-bond acceptors (Lipinski definition) is 4. The van der Waals surface area contributed by atoms with E-state index in [4.69, 9.17) is 5.26 Å². The molecule has 0 aliphatic carbocycles. The lowest BCUT2D eigenvalue weighted by Gasteiger charge is -2.01. The summed E-state index contributed by atoms with van der Waals surface area (Å²) in [5.41, 5.74) is -0.585. The molecule has 2 heterocycles. The zero-order valence-corrected chi connectivity index (χ0v) is 8.95. The Kier molecular flexibility index (Phi) is 2.70. The maximum Gasteiger partial charge on any atom is 0.329 e. The first-order valence-corrected chi connectivity index (χ1v) is 5.35. The molecule has 2 aromatic heterocycles. The fourth-order valence-corrected chi connectivity index (χ4v) is 2.04. The van der Waals surface area contributed by atoms with Crippen molar-refractivity contribution >= 4 is 11.3 Å². The first-order valence-electron chi connectivity index (χ1n) is 4.47. The number of nitriles is 1. The van der Waals surface area contributed by atoms with Crippen LogP contribution in [0.5, 0.6) is 0 Å². The van der Waals surface area contributed by atoms with Crippen LogP contribution in [0.15, 0.2) is 33.3 Å². The van der Waals surface area contributed by atoms with E-state index < -0.39 is 11.2 Å². The van der Waals surface area contributed by atoms with E-state index in [9.17, 15) is 9.59 Å². The molecule has 2 aromatic rings. The second kappa shape index (κ2) is 4.16. The van der Waals surface area contributed by atoms with E-state index in [1.807, 2.05) is 17.5 Å². The highest BCUT2D eigenvalue weighted by Crippen LogP contribution is 2.19. The van der Waals surface area contributed by atoms with Crippen molar-refractivity contribution in [2.24, 2.45) is 0 Å². The number of aromatic nitrogens is 2. The number of H-pyrrole nitrogens is 1. The van der Waals surface area contributed by atoms with E-state index >= 15 is 0 Å². The van der Waals surface area contributed by atoms with Crippen molar-refractivity contribution in [2.45, 2.75) is 6.54 Å². The minimum Gasteiger partial charge on any atom is -0.286 e. The smallest absolute Gasteiger partial charge is 0.286 e. The predicted molar refractivity (Wildman–Crippen MR) is 60.2 cm³/mol. The van der Waals surface area contributed by atoms with Crippen LogP contribution in [0.3, 0.4) is 0 Å². The lowest BCUT2D eigenvalue weighted by Crippen LogP contribution is -2.30. The van der Waals surface area contributed by atoms with Crippen molar-refractivity contribution in [2.75, 3.05) is 0 Å². The Morgan fingerprint density at radius 2 is 2.31 bits per heavy atom. The highest BCUT2D eigenvalue weighted by Gasteiger charge is 2.07. The van der Waals surface area contributed by atoms with E-state index in [1.54, 1.807) is 6.07 Å².